The summed E-state index contributed by atoms with van der Waals surface area (Å²) in [6.07, 6.45) is 1.65. The van der Waals surface area contributed by atoms with Gasteiger partial charge in [0.15, 0.2) is 0 Å². The Hall–Kier alpha value is -2.09. The van der Waals surface area contributed by atoms with Gasteiger partial charge >= 0.3 is 0 Å². The summed E-state index contributed by atoms with van der Waals surface area (Å²) in [6.45, 7) is 2.97. The smallest absolute Gasteiger partial charge is 0.227 e. The quantitative estimate of drug-likeness (QED) is 0.795. The van der Waals surface area contributed by atoms with E-state index in [2.05, 4.69) is 43.3 Å². The summed E-state index contributed by atoms with van der Waals surface area (Å²) in [4.78, 5) is 13.6. The summed E-state index contributed by atoms with van der Waals surface area (Å²) < 4.78 is 0. The van der Waals surface area contributed by atoms with Crippen molar-refractivity contribution in [3.05, 3.63) is 54.1 Å². The summed E-state index contributed by atoms with van der Waals surface area (Å²) in [5.41, 5.74) is 4.74. The van der Waals surface area contributed by atoms with Gasteiger partial charge in [-0.3, -0.25) is 4.79 Å². The van der Waals surface area contributed by atoms with Gasteiger partial charge in [-0.05, 0) is 42.2 Å². The van der Waals surface area contributed by atoms with E-state index in [1.54, 1.807) is 0 Å². The molecular weight excluding hydrogens is 234 g/mol. The van der Waals surface area contributed by atoms with Crippen LogP contribution < -0.4 is 4.90 Å². The Labute approximate surface area is 113 Å². The lowest BCUT2D eigenvalue weighted by atomic mass is 10.0. The van der Waals surface area contributed by atoms with Crippen LogP contribution in [0.3, 0.4) is 0 Å². The first kappa shape index (κ1) is 12.0. The minimum absolute atomic E-state index is 0.239. The van der Waals surface area contributed by atoms with Crippen molar-refractivity contribution in [1.29, 1.82) is 0 Å². The van der Waals surface area contributed by atoms with Crippen LogP contribution in [0.2, 0.25) is 0 Å². The molecule has 1 saturated heterocycles. The largest absolute Gasteiger partial charge is 0.312 e. The van der Waals surface area contributed by atoms with Crippen molar-refractivity contribution < 1.29 is 4.79 Å². The topological polar surface area (TPSA) is 20.3 Å². The Morgan fingerprint density at radius 2 is 1.74 bits per heavy atom. The molecule has 0 N–H and O–H groups in total. The second kappa shape index (κ2) is 4.88. The average molecular weight is 251 g/mol. The van der Waals surface area contributed by atoms with E-state index in [0.29, 0.717) is 6.42 Å². The predicted octanol–water partition coefficient (Wildman–Crippen LogP) is 3.79. The molecule has 0 atom stereocenters. The number of aryl methyl sites for hydroxylation is 1. The van der Waals surface area contributed by atoms with Gasteiger partial charge in [0.25, 0.3) is 0 Å². The zero-order valence-electron chi connectivity index (χ0n) is 11.1. The molecule has 1 heterocycles. The van der Waals surface area contributed by atoms with Gasteiger partial charge in [-0.1, -0.05) is 36.4 Å². The van der Waals surface area contributed by atoms with Crippen LogP contribution >= 0.6 is 0 Å². The number of benzene rings is 2. The lowest BCUT2D eigenvalue weighted by Gasteiger charge is -2.16. The van der Waals surface area contributed by atoms with Crippen molar-refractivity contribution in [2.24, 2.45) is 0 Å². The number of carbonyl (C=O) groups is 1. The Kier molecular flexibility index (Phi) is 3.08. The third-order valence-corrected chi connectivity index (χ3v) is 3.71. The monoisotopic (exact) mass is 251 g/mol. The normalized spacial score (nSPS) is 15.0. The van der Waals surface area contributed by atoms with Crippen LogP contribution in [0.4, 0.5) is 5.69 Å². The number of anilines is 1. The molecule has 2 aromatic rings. The third-order valence-electron chi connectivity index (χ3n) is 3.71. The highest BCUT2D eigenvalue weighted by molar-refractivity contribution is 5.95. The Balaban J connectivity index is 1.91. The van der Waals surface area contributed by atoms with E-state index in [9.17, 15) is 4.79 Å². The summed E-state index contributed by atoms with van der Waals surface area (Å²) >= 11 is 0. The number of hydrogen-bond acceptors (Lipinski definition) is 1. The number of nitrogens with zero attached hydrogens (tertiary/aromatic N) is 1. The lowest BCUT2D eigenvalue weighted by molar-refractivity contribution is -0.117. The first-order valence-electron chi connectivity index (χ1n) is 6.72. The van der Waals surface area contributed by atoms with Crippen LogP contribution in [-0.4, -0.2) is 12.5 Å². The fourth-order valence-electron chi connectivity index (χ4n) is 2.64. The molecule has 0 aromatic heterocycles. The van der Waals surface area contributed by atoms with Crippen LogP contribution in [0.15, 0.2) is 48.5 Å². The van der Waals surface area contributed by atoms with Crippen LogP contribution in [0.25, 0.3) is 11.1 Å². The maximum Gasteiger partial charge on any atom is 0.227 e. The molecule has 1 fully saturated rings. The SMILES string of the molecule is Cc1ccccc1-c1ccc(N2CCCC2=O)cc1. The first-order valence-corrected chi connectivity index (χ1v) is 6.72. The molecule has 0 spiro atoms. The van der Waals surface area contributed by atoms with Crippen LogP contribution in [-0.2, 0) is 4.79 Å². The number of amides is 1. The molecule has 0 bridgehead atoms. The lowest BCUT2D eigenvalue weighted by Crippen LogP contribution is -2.23. The van der Waals surface area contributed by atoms with E-state index in [-0.39, 0.29) is 5.91 Å². The molecule has 0 saturated carbocycles. The second-order valence-corrected chi connectivity index (χ2v) is 5.01. The second-order valence-electron chi connectivity index (χ2n) is 5.01. The van der Waals surface area contributed by atoms with Gasteiger partial charge in [-0.15, -0.1) is 0 Å². The Morgan fingerprint density at radius 1 is 1.00 bits per heavy atom. The van der Waals surface area contributed by atoms with Gasteiger partial charge in [-0.2, -0.15) is 0 Å². The van der Waals surface area contributed by atoms with Crippen molar-refractivity contribution in [2.45, 2.75) is 19.8 Å². The summed E-state index contributed by atoms with van der Waals surface area (Å²) in [5, 5.41) is 0. The zero-order chi connectivity index (χ0) is 13.2. The molecule has 19 heavy (non-hydrogen) atoms. The standard InChI is InChI=1S/C17H17NO/c1-13-5-2-3-6-16(13)14-8-10-15(11-9-14)18-12-4-7-17(18)19/h2-3,5-6,8-11H,4,7,12H2,1H3. The van der Waals surface area contributed by atoms with Gasteiger partial charge in [0.1, 0.15) is 0 Å². The summed E-state index contributed by atoms with van der Waals surface area (Å²) in [5.74, 6) is 0.239. The number of carbonyl (C=O) groups excluding carboxylic acids is 1. The molecule has 1 amide bonds. The van der Waals surface area contributed by atoms with E-state index in [1.807, 2.05) is 17.0 Å². The molecule has 0 unspecified atom stereocenters. The van der Waals surface area contributed by atoms with Gasteiger partial charge in [0, 0.05) is 18.7 Å². The highest BCUT2D eigenvalue weighted by atomic mass is 16.2. The molecule has 96 valence electrons. The molecule has 0 radical (unpaired) electrons. The fraction of sp³-hybridized carbons (Fsp3) is 0.235. The molecule has 3 rings (SSSR count). The molecule has 2 aromatic carbocycles. The van der Waals surface area contributed by atoms with Crippen LogP contribution in [0, 0.1) is 6.92 Å². The van der Waals surface area contributed by atoms with E-state index < -0.39 is 0 Å². The molecule has 0 aliphatic carbocycles. The molecule has 1 aliphatic heterocycles. The average Bonchev–Trinajstić information content (AvgIpc) is 2.86. The van der Waals surface area contributed by atoms with Crippen molar-refractivity contribution in [2.75, 3.05) is 11.4 Å². The zero-order valence-corrected chi connectivity index (χ0v) is 11.1. The van der Waals surface area contributed by atoms with Gasteiger partial charge in [0.05, 0.1) is 0 Å². The van der Waals surface area contributed by atoms with Crippen LogP contribution in [0.5, 0.6) is 0 Å². The molecule has 2 heteroatoms. The minimum atomic E-state index is 0.239. The first-order chi connectivity index (χ1) is 9.25. The molecule has 2 nitrogen and oxygen atoms in total. The summed E-state index contributed by atoms with van der Waals surface area (Å²) in [6, 6.07) is 16.7. The Morgan fingerprint density at radius 3 is 2.37 bits per heavy atom. The van der Waals surface area contributed by atoms with E-state index in [4.69, 9.17) is 0 Å². The van der Waals surface area contributed by atoms with Crippen molar-refractivity contribution in [1.82, 2.24) is 0 Å². The molecular formula is C17H17NO. The van der Waals surface area contributed by atoms with E-state index in [1.165, 1.54) is 16.7 Å². The maximum absolute atomic E-state index is 11.7. The van der Waals surface area contributed by atoms with Gasteiger partial charge in [-0.25, -0.2) is 0 Å². The Bertz CT molecular complexity index is 601. The highest BCUT2D eigenvalue weighted by Gasteiger charge is 2.21. The maximum atomic E-state index is 11.7. The summed E-state index contributed by atoms with van der Waals surface area (Å²) in [7, 11) is 0. The minimum Gasteiger partial charge on any atom is -0.312 e. The molecule has 1 aliphatic rings. The van der Waals surface area contributed by atoms with Crippen molar-refractivity contribution in [3.8, 4) is 11.1 Å². The number of rotatable bonds is 2. The van der Waals surface area contributed by atoms with Crippen molar-refractivity contribution >= 4 is 11.6 Å². The van der Waals surface area contributed by atoms with Gasteiger partial charge < -0.3 is 4.90 Å². The third kappa shape index (κ3) is 2.26. The predicted molar refractivity (Wildman–Crippen MR) is 78.2 cm³/mol. The van der Waals surface area contributed by atoms with Gasteiger partial charge in [0.2, 0.25) is 5.91 Å². The number of hydrogen-bond donors (Lipinski definition) is 0. The van der Waals surface area contributed by atoms with E-state index in [0.717, 1.165) is 18.7 Å². The van der Waals surface area contributed by atoms with Crippen molar-refractivity contribution in [3.63, 3.8) is 0 Å². The fourth-order valence-corrected chi connectivity index (χ4v) is 2.64. The van der Waals surface area contributed by atoms with E-state index >= 15 is 0 Å². The highest BCUT2D eigenvalue weighted by Crippen LogP contribution is 2.27. The van der Waals surface area contributed by atoms with Crippen LogP contribution in [0.1, 0.15) is 18.4 Å².